The van der Waals surface area contributed by atoms with Crippen molar-refractivity contribution in [2.75, 3.05) is 13.1 Å². The lowest BCUT2D eigenvalue weighted by atomic mass is 10.1. The van der Waals surface area contributed by atoms with E-state index in [9.17, 15) is 8.42 Å². The van der Waals surface area contributed by atoms with Crippen LogP contribution in [-0.2, 0) is 16.6 Å². The molecular weight excluding hydrogens is 272 g/mol. The van der Waals surface area contributed by atoms with Gasteiger partial charge in [-0.2, -0.15) is 0 Å². The molecule has 0 radical (unpaired) electrons. The standard InChI is InChI=1S/C15H24N2O2S/c1-3-9-16-11-14-5-4-6-15(12(14)2)20(18,19)17-10-13-7-8-13/h4-6,13,16-17H,3,7-11H2,1-2H3. The molecule has 1 fully saturated rings. The first kappa shape index (κ1) is 15.5. The Labute approximate surface area is 122 Å². The van der Waals surface area contributed by atoms with Crippen molar-refractivity contribution in [2.45, 2.75) is 44.6 Å². The summed E-state index contributed by atoms with van der Waals surface area (Å²) in [5.41, 5.74) is 1.90. The fraction of sp³-hybridized carbons (Fsp3) is 0.600. The molecule has 0 saturated heterocycles. The third-order valence-corrected chi connectivity index (χ3v) is 5.25. The van der Waals surface area contributed by atoms with E-state index in [4.69, 9.17) is 0 Å². The van der Waals surface area contributed by atoms with Gasteiger partial charge in [0.25, 0.3) is 0 Å². The Kier molecular flexibility index (Phi) is 5.18. The van der Waals surface area contributed by atoms with E-state index in [1.807, 2.05) is 19.1 Å². The third-order valence-electron chi connectivity index (χ3n) is 3.69. The molecule has 1 aromatic rings. The van der Waals surface area contributed by atoms with Crippen LogP contribution >= 0.6 is 0 Å². The minimum absolute atomic E-state index is 0.411. The molecule has 0 heterocycles. The van der Waals surface area contributed by atoms with E-state index in [2.05, 4.69) is 17.0 Å². The number of hydrogen-bond acceptors (Lipinski definition) is 3. The first-order valence-electron chi connectivity index (χ1n) is 7.33. The molecule has 0 bridgehead atoms. The van der Waals surface area contributed by atoms with Crippen LogP contribution in [-0.4, -0.2) is 21.5 Å². The van der Waals surface area contributed by atoms with Crippen LogP contribution in [0.15, 0.2) is 23.1 Å². The second-order valence-corrected chi connectivity index (χ2v) is 7.25. The lowest BCUT2D eigenvalue weighted by molar-refractivity contribution is 0.576. The zero-order chi connectivity index (χ0) is 14.6. The highest BCUT2D eigenvalue weighted by atomic mass is 32.2. The number of hydrogen-bond donors (Lipinski definition) is 2. The first-order chi connectivity index (χ1) is 9.54. The second-order valence-electron chi connectivity index (χ2n) is 5.51. The van der Waals surface area contributed by atoms with Crippen molar-refractivity contribution in [3.8, 4) is 0 Å². The summed E-state index contributed by atoms with van der Waals surface area (Å²) in [7, 11) is -3.38. The number of benzene rings is 1. The Balaban J connectivity index is 2.11. The van der Waals surface area contributed by atoms with Gasteiger partial charge in [0.1, 0.15) is 0 Å². The lowest BCUT2D eigenvalue weighted by Crippen LogP contribution is -2.27. The zero-order valence-corrected chi connectivity index (χ0v) is 13.1. The van der Waals surface area contributed by atoms with E-state index >= 15 is 0 Å². The van der Waals surface area contributed by atoms with E-state index in [0.29, 0.717) is 23.9 Å². The van der Waals surface area contributed by atoms with Gasteiger partial charge in [0.2, 0.25) is 10.0 Å². The van der Waals surface area contributed by atoms with Gasteiger partial charge in [0, 0.05) is 13.1 Å². The van der Waals surface area contributed by atoms with Crippen LogP contribution in [0.4, 0.5) is 0 Å². The first-order valence-corrected chi connectivity index (χ1v) is 8.81. The van der Waals surface area contributed by atoms with Crippen LogP contribution in [0.1, 0.15) is 37.3 Å². The van der Waals surface area contributed by atoms with Gasteiger partial charge in [0.05, 0.1) is 4.90 Å². The van der Waals surface area contributed by atoms with Crippen LogP contribution in [0, 0.1) is 12.8 Å². The summed E-state index contributed by atoms with van der Waals surface area (Å²) in [6, 6.07) is 5.49. The van der Waals surface area contributed by atoms with E-state index < -0.39 is 10.0 Å². The SMILES string of the molecule is CCCNCc1cccc(S(=O)(=O)NCC2CC2)c1C. The molecule has 1 saturated carbocycles. The molecule has 1 aliphatic carbocycles. The minimum atomic E-state index is -3.38. The van der Waals surface area contributed by atoms with Gasteiger partial charge < -0.3 is 5.32 Å². The third kappa shape index (κ3) is 4.04. The summed E-state index contributed by atoms with van der Waals surface area (Å²) < 4.78 is 27.4. The van der Waals surface area contributed by atoms with Crippen LogP contribution in [0.2, 0.25) is 0 Å². The van der Waals surface area contributed by atoms with E-state index in [-0.39, 0.29) is 0 Å². The summed E-state index contributed by atoms with van der Waals surface area (Å²) in [5, 5.41) is 3.32. The topological polar surface area (TPSA) is 58.2 Å². The van der Waals surface area contributed by atoms with Gasteiger partial charge in [-0.25, -0.2) is 13.1 Å². The molecule has 1 aliphatic rings. The van der Waals surface area contributed by atoms with Crippen LogP contribution in [0.25, 0.3) is 0 Å². The molecule has 0 unspecified atom stereocenters. The van der Waals surface area contributed by atoms with Crippen molar-refractivity contribution in [1.82, 2.24) is 10.0 Å². The summed E-state index contributed by atoms with van der Waals surface area (Å²) in [5.74, 6) is 0.541. The molecule has 20 heavy (non-hydrogen) atoms. The van der Waals surface area contributed by atoms with Gasteiger partial charge in [-0.3, -0.25) is 0 Å². The maximum Gasteiger partial charge on any atom is 0.240 e. The fourth-order valence-corrected chi connectivity index (χ4v) is 3.57. The highest BCUT2D eigenvalue weighted by Gasteiger charge is 2.25. The van der Waals surface area contributed by atoms with Crippen molar-refractivity contribution < 1.29 is 8.42 Å². The summed E-state index contributed by atoms with van der Waals surface area (Å²) in [6.45, 7) is 6.22. The predicted molar refractivity (Wildman–Crippen MR) is 81.1 cm³/mol. The van der Waals surface area contributed by atoms with Gasteiger partial charge in [0.15, 0.2) is 0 Å². The molecule has 0 atom stereocenters. The number of nitrogens with one attached hydrogen (secondary N) is 2. The molecular formula is C15H24N2O2S. The quantitative estimate of drug-likeness (QED) is 0.723. The van der Waals surface area contributed by atoms with Crippen LogP contribution < -0.4 is 10.0 Å². The molecule has 2 rings (SSSR count). The Hall–Kier alpha value is -0.910. The molecule has 4 nitrogen and oxygen atoms in total. The Morgan fingerprint density at radius 2 is 2.05 bits per heavy atom. The Bertz CT molecular complexity index is 551. The van der Waals surface area contributed by atoms with Gasteiger partial charge >= 0.3 is 0 Å². The fourth-order valence-electron chi connectivity index (χ4n) is 2.17. The number of sulfonamides is 1. The normalized spacial score (nSPS) is 15.5. The van der Waals surface area contributed by atoms with Gasteiger partial charge in [-0.15, -0.1) is 0 Å². The van der Waals surface area contributed by atoms with Crippen molar-refractivity contribution in [2.24, 2.45) is 5.92 Å². The van der Waals surface area contributed by atoms with Crippen molar-refractivity contribution in [3.05, 3.63) is 29.3 Å². The maximum absolute atomic E-state index is 12.3. The summed E-state index contributed by atoms with van der Waals surface area (Å²) >= 11 is 0. The molecule has 0 amide bonds. The summed E-state index contributed by atoms with van der Waals surface area (Å²) in [4.78, 5) is 0.411. The van der Waals surface area contributed by atoms with Gasteiger partial charge in [-0.05, 0) is 55.8 Å². The second kappa shape index (κ2) is 6.70. The summed E-state index contributed by atoms with van der Waals surface area (Å²) in [6.07, 6.45) is 3.35. The Morgan fingerprint density at radius 1 is 1.30 bits per heavy atom. The van der Waals surface area contributed by atoms with E-state index in [0.717, 1.165) is 36.9 Å². The molecule has 0 aromatic heterocycles. The van der Waals surface area contributed by atoms with E-state index in [1.165, 1.54) is 0 Å². The van der Waals surface area contributed by atoms with Crippen molar-refractivity contribution in [3.63, 3.8) is 0 Å². The van der Waals surface area contributed by atoms with Crippen molar-refractivity contribution in [1.29, 1.82) is 0 Å². The largest absolute Gasteiger partial charge is 0.313 e. The average Bonchev–Trinajstić information content (AvgIpc) is 3.23. The highest BCUT2D eigenvalue weighted by Crippen LogP contribution is 2.28. The molecule has 2 N–H and O–H groups in total. The molecule has 1 aromatic carbocycles. The molecule has 0 aliphatic heterocycles. The van der Waals surface area contributed by atoms with Crippen LogP contribution in [0.5, 0.6) is 0 Å². The maximum atomic E-state index is 12.3. The number of rotatable bonds is 8. The van der Waals surface area contributed by atoms with Crippen molar-refractivity contribution >= 4 is 10.0 Å². The Morgan fingerprint density at radius 3 is 2.70 bits per heavy atom. The zero-order valence-electron chi connectivity index (χ0n) is 12.3. The average molecular weight is 296 g/mol. The predicted octanol–water partition coefficient (Wildman–Crippen LogP) is 2.18. The monoisotopic (exact) mass is 296 g/mol. The van der Waals surface area contributed by atoms with E-state index in [1.54, 1.807) is 6.07 Å². The smallest absolute Gasteiger partial charge is 0.240 e. The molecule has 112 valence electrons. The highest BCUT2D eigenvalue weighted by molar-refractivity contribution is 7.89. The lowest BCUT2D eigenvalue weighted by Gasteiger charge is -2.13. The minimum Gasteiger partial charge on any atom is -0.313 e. The molecule has 5 heteroatoms. The van der Waals surface area contributed by atoms with Gasteiger partial charge in [-0.1, -0.05) is 19.1 Å². The molecule has 0 spiro atoms. The van der Waals surface area contributed by atoms with Crippen LogP contribution in [0.3, 0.4) is 0 Å².